The summed E-state index contributed by atoms with van der Waals surface area (Å²) in [7, 11) is 0.425. The Morgan fingerprint density at radius 1 is 1.00 bits per heavy atom. The topological polar surface area (TPSA) is 88.2 Å². The van der Waals surface area contributed by atoms with Crippen molar-refractivity contribution < 1.29 is 22.7 Å². The van der Waals surface area contributed by atoms with Gasteiger partial charge in [-0.15, -0.1) is 0 Å². The Morgan fingerprint density at radius 2 is 1.62 bits per heavy atom. The van der Waals surface area contributed by atoms with Gasteiger partial charge in [-0.25, -0.2) is 8.42 Å². The Hall–Kier alpha value is -2.62. The van der Waals surface area contributed by atoms with Crippen LogP contribution in [0.5, 0.6) is 11.5 Å². The number of nitrogens with one attached hydrogen (secondary N) is 1. The second-order valence-electron chi connectivity index (χ2n) is 7.85. The van der Waals surface area contributed by atoms with E-state index in [4.69, 9.17) is 9.47 Å². The molecule has 1 aliphatic rings. The zero-order valence-corrected chi connectivity index (χ0v) is 19.7. The zero-order valence-electron chi connectivity index (χ0n) is 18.8. The highest BCUT2D eigenvalue weighted by molar-refractivity contribution is 7.89. The first-order chi connectivity index (χ1) is 15.3. The number of likely N-dealkylation sites (tertiary alicyclic amines) is 1. The van der Waals surface area contributed by atoms with Crippen LogP contribution in [0.25, 0.3) is 0 Å². The van der Waals surface area contributed by atoms with E-state index in [-0.39, 0.29) is 17.3 Å². The van der Waals surface area contributed by atoms with Gasteiger partial charge in [0.05, 0.1) is 25.7 Å². The smallest absolute Gasteiger partial charge is 0.243 e. The van der Waals surface area contributed by atoms with E-state index in [1.165, 1.54) is 57.9 Å². The molecule has 1 fully saturated rings. The number of benzene rings is 2. The molecule has 1 saturated heterocycles. The van der Waals surface area contributed by atoms with Crippen LogP contribution in [0.2, 0.25) is 0 Å². The highest BCUT2D eigenvalue weighted by Crippen LogP contribution is 2.30. The van der Waals surface area contributed by atoms with Crippen LogP contribution in [0.1, 0.15) is 24.0 Å². The Labute approximate surface area is 190 Å². The Kier molecular flexibility index (Phi) is 8.11. The summed E-state index contributed by atoms with van der Waals surface area (Å²) in [6.07, 6.45) is 2.53. The predicted octanol–water partition coefficient (Wildman–Crippen LogP) is 2.24. The number of hydrogen-bond acceptors (Lipinski definition) is 6. The maximum absolute atomic E-state index is 12.8. The third kappa shape index (κ3) is 5.99. The normalized spacial score (nSPS) is 14.5. The molecule has 1 aliphatic heterocycles. The van der Waals surface area contributed by atoms with Gasteiger partial charge in [0, 0.05) is 26.2 Å². The highest BCUT2D eigenvalue weighted by atomic mass is 32.2. The minimum atomic E-state index is -3.86. The lowest BCUT2D eigenvalue weighted by molar-refractivity contribution is -0.121. The van der Waals surface area contributed by atoms with E-state index in [0.717, 1.165) is 29.5 Å². The molecule has 0 atom stereocenters. The molecular weight excluding hydrogens is 430 g/mol. The minimum absolute atomic E-state index is 0.0269. The molecule has 0 aromatic heterocycles. The summed E-state index contributed by atoms with van der Waals surface area (Å²) in [4.78, 5) is 14.8. The van der Waals surface area contributed by atoms with Crippen LogP contribution in [0.4, 0.5) is 0 Å². The predicted molar refractivity (Wildman–Crippen MR) is 122 cm³/mol. The summed E-state index contributed by atoms with van der Waals surface area (Å²) >= 11 is 0. The van der Waals surface area contributed by atoms with Crippen molar-refractivity contribution in [3.63, 3.8) is 0 Å². The van der Waals surface area contributed by atoms with Gasteiger partial charge < -0.3 is 14.8 Å². The molecule has 174 valence electrons. The average Bonchev–Trinajstić information content (AvgIpc) is 3.31. The second kappa shape index (κ2) is 10.8. The molecule has 0 saturated carbocycles. The van der Waals surface area contributed by atoms with Crippen LogP contribution in [0, 0.1) is 0 Å². The monoisotopic (exact) mass is 461 g/mol. The summed E-state index contributed by atoms with van der Waals surface area (Å²) in [5.74, 6) is 0.357. The van der Waals surface area contributed by atoms with Gasteiger partial charge in [-0.1, -0.05) is 24.3 Å². The van der Waals surface area contributed by atoms with Crippen LogP contribution in [0.3, 0.4) is 0 Å². The van der Waals surface area contributed by atoms with Crippen LogP contribution in [0.15, 0.2) is 47.4 Å². The number of sulfonamides is 1. The fourth-order valence-electron chi connectivity index (χ4n) is 3.66. The molecule has 0 radical (unpaired) electrons. The van der Waals surface area contributed by atoms with Gasteiger partial charge in [-0.2, -0.15) is 4.31 Å². The molecule has 2 aromatic rings. The number of nitrogens with zero attached hydrogens (tertiary/aromatic N) is 2. The van der Waals surface area contributed by atoms with Gasteiger partial charge in [-0.05, 0) is 49.2 Å². The molecule has 9 heteroatoms. The highest BCUT2D eigenvalue weighted by Gasteiger charge is 2.24. The number of ether oxygens (including phenoxy) is 2. The molecule has 1 N–H and O–H groups in total. The molecule has 0 unspecified atom stereocenters. The number of hydrogen-bond donors (Lipinski definition) is 1. The second-order valence-corrected chi connectivity index (χ2v) is 9.90. The Bertz CT molecular complexity index is 1020. The summed E-state index contributed by atoms with van der Waals surface area (Å²) in [5.41, 5.74) is 2.22. The van der Waals surface area contributed by atoms with Crippen LogP contribution >= 0.6 is 0 Å². The maximum atomic E-state index is 12.8. The number of carbonyl (C=O) groups excluding carboxylic acids is 1. The lowest BCUT2D eigenvalue weighted by Gasteiger charge is -2.18. The quantitative estimate of drug-likeness (QED) is 0.584. The van der Waals surface area contributed by atoms with Crippen molar-refractivity contribution in [2.24, 2.45) is 0 Å². The first kappa shape index (κ1) is 24.0. The van der Waals surface area contributed by atoms with Crippen molar-refractivity contribution in [2.45, 2.75) is 30.8 Å². The number of methoxy groups -OCH3 is 2. The van der Waals surface area contributed by atoms with Crippen LogP contribution in [-0.4, -0.2) is 64.4 Å². The van der Waals surface area contributed by atoms with E-state index in [0.29, 0.717) is 18.0 Å². The summed E-state index contributed by atoms with van der Waals surface area (Å²) in [6.45, 7) is 3.30. The zero-order chi connectivity index (χ0) is 23.1. The Morgan fingerprint density at radius 3 is 2.25 bits per heavy atom. The number of rotatable bonds is 10. The summed E-state index contributed by atoms with van der Waals surface area (Å²) < 4.78 is 37.0. The van der Waals surface area contributed by atoms with Crippen molar-refractivity contribution in [3.8, 4) is 11.5 Å². The molecule has 2 aromatic carbocycles. The van der Waals surface area contributed by atoms with Gasteiger partial charge in [-0.3, -0.25) is 9.69 Å². The van der Waals surface area contributed by atoms with Crippen LogP contribution in [-0.2, 0) is 27.9 Å². The third-order valence-corrected chi connectivity index (χ3v) is 7.35. The first-order valence-electron chi connectivity index (χ1n) is 10.6. The molecule has 0 aliphatic carbocycles. The van der Waals surface area contributed by atoms with Crippen molar-refractivity contribution in [2.75, 3.05) is 40.9 Å². The lowest BCUT2D eigenvalue weighted by Crippen LogP contribution is -2.38. The van der Waals surface area contributed by atoms with E-state index >= 15 is 0 Å². The van der Waals surface area contributed by atoms with Crippen molar-refractivity contribution >= 4 is 15.9 Å². The standard InChI is InChI=1S/C23H31N3O5S/c1-25(32(28,29)20-10-11-21(30-2)22(14-20)31-3)17-23(27)24-15-18-6-8-19(9-7-18)16-26-12-4-5-13-26/h6-11,14H,4-5,12-13,15-17H2,1-3H3,(H,24,27). The fourth-order valence-corrected chi connectivity index (χ4v) is 4.81. The van der Waals surface area contributed by atoms with Gasteiger partial charge in [0.15, 0.2) is 11.5 Å². The summed E-state index contributed by atoms with van der Waals surface area (Å²) in [5, 5.41) is 2.79. The third-order valence-electron chi connectivity index (χ3n) is 5.55. The van der Waals surface area contributed by atoms with E-state index in [1.807, 2.05) is 12.1 Å². The lowest BCUT2D eigenvalue weighted by atomic mass is 10.1. The molecule has 8 nitrogen and oxygen atoms in total. The van der Waals surface area contributed by atoms with Gasteiger partial charge >= 0.3 is 0 Å². The van der Waals surface area contributed by atoms with E-state index in [1.54, 1.807) is 0 Å². The van der Waals surface area contributed by atoms with E-state index in [2.05, 4.69) is 22.3 Å². The molecule has 0 spiro atoms. The molecule has 1 amide bonds. The number of carbonyl (C=O) groups is 1. The van der Waals surface area contributed by atoms with Gasteiger partial charge in [0.1, 0.15) is 0 Å². The first-order valence-corrected chi connectivity index (χ1v) is 12.0. The molecule has 32 heavy (non-hydrogen) atoms. The number of amides is 1. The van der Waals surface area contributed by atoms with Gasteiger partial charge in [0.2, 0.25) is 15.9 Å². The molecule has 1 heterocycles. The minimum Gasteiger partial charge on any atom is -0.493 e. The molecule has 0 bridgehead atoms. The SMILES string of the molecule is COc1ccc(S(=O)(=O)N(C)CC(=O)NCc2ccc(CN3CCCC3)cc2)cc1OC. The summed E-state index contributed by atoms with van der Waals surface area (Å²) in [6, 6.07) is 12.5. The molecule has 3 rings (SSSR count). The fraction of sp³-hybridized carbons (Fsp3) is 0.435. The largest absolute Gasteiger partial charge is 0.493 e. The van der Waals surface area contributed by atoms with E-state index in [9.17, 15) is 13.2 Å². The molecular formula is C23H31N3O5S. The van der Waals surface area contributed by atoms with Gasteiger partial charge in [0.25, 0.3) is 0 Å². The van der Waals surface area contributed by atoms with Crippen molar-refractivity contribution in [1.82, 2.24) is 14.5 Å². The van der Waals surface area contributed by atoms with Crippen molar-refractivity contribution in [1.29, 1.82) is 0 Å². The Balaban J connectivity index is 1.53. The van der Waals surface area contributed by atoms with Crippen LogP contribution < -0.4 is 14.8 Å². The van der Waals surface area contributed by atoms with E-state index < -0.39 is 10.0 Å². The van der Waals surface area contributed by atoms with Crippen molar-refractivity contribution in [3.05, 3.63) is 53.6 Å². The maximum Gasteiger partial charge on any atom is 0.243 e. The number of likely N-dealkylation sites (N-methyl/N-ethyl adjacent to an activating group) is 1. The average molecular weight is 462 g/mol.